The van der Waals surface area contributed by atoms with E-state index < -0.39 is 5.91 Å². The van der Waals surface area contributed by atoms with Crippen molar-refractivity contribution in [2.45, 2.75) is 0 Å². The molecular weight excluding hydrogens is 358 g/mol. The lowest BCUT2D eigenvalue weighted by molar-refractivity contribution is 0.0954. The summed E-state index contributed by atoms with van der Waals surface area (Å²) in [6.07, 6.45) is 1.27. The average Bonchev–Trinajstić information content (AvgIpc) is 2.70. The molecule has 0 heterocycles. The number of hydrogen-bond donors (Lipinski definition) is 4. The molecule has 0 aliphatic carbocycles. The third-order valence-corrected chi connectivity index (χ3v) is 3.82. The number of rotatable bonds is 5. The minimum absolute atomic E-state index is 0.0712. The molecule has 0 radical (unpaired) electrons. The lowest BCUT2D eigenvalue weighted by Crippen LogP contribution is -2.17. The summed E-state index contributed by atoms with van der Waals surface area (Å²) in [7, 11) is 0. The molecule has 0 fully saturated rings. The summed E-state index contributed by atoms with van der Waals surface area (Å²) in [5.74, 6) is -0.916. The SMILES string of the molecule is O=C(N/N=C/c1ccc(O)cc1O)c1ccc(NC(=O)c2ccccc2)cc1. The Balaban J connectivity index is 1.59. The Morgan fingerprint density at radius 3 is 2.18 bits per heavy atom. The molecule has 3 aromatic carbocycles. The van der Waals surface area contributed by atoms with E-state index in [-0.39, 0.29) is 17.4 Å². The van der Waals surface area contributed by atoms with Crippen LogP contribution in [-0.4, -0.2) is 28.2 Å². The van der Waals surface area contributed by atoms with Gasteiger partial charge in [-0.1, -0.05) is 18.2 Å². The molecule has 0 aliphatic rings. The standard InChI is InChI=1S/C21H17N3O4/c25-18-11-8-16(19(26)12-18)13-22-24-21(28)15-6-9-17(10-7-15)23-20(27)14-4-2-1-3-5-14/h1-13,25-26H,(H,23,27)(H,24,28)/b22-13+. The van der Waals surface area contributed by atoms with E-state index in [0.717, 1.165) is 0 Å². The summed E-state index contributed by atoms with van der Waals surface area (Å²) >= 11 is 0. The van der Waals surface area contributed by atoms with Crippen molar-refractivity contribution in [3.8, 4) is 11.5 Å². The molecule has 7 nitrogen and oxygen atoms in total. The predicted molar refractivity (Wildman–Crippen MR) is 106 cm³/mol. The van der Waals surface area contributed by atoms with E-state index in [9.17, 15) is 19.8 Å². The Bertz CT molecular complexity index is 1020. The number of benzene rings is 3. The number of phenolic OH excluding ortho intramolecular Hbond substituents is 2. The molecule has 3 rings (SSSR count). The third-order valence-electron chi connectivity index (χ3n) is 3.82. The molecule has 7 heteroatoms. The molecule has 2 amide bonds. The number of nitrogens with one attached hydrogen (secondary N) is 2. The van der Waals surface area contributed by atoms with Crippen LogP contribution >= 0.6 is 0 Å². The minimum atomic E-state index is -0.449. The van der Waals surface area contributed by atoms with Gasteiger partial charge in [-0.3, -0.25) is 9.59 Å². The first-order valence-corrected chi connectivity index (χ1v) is 8.35. The Morgan fingerprint density at radius 2 is 1.50 bits per heavy atom. The van der Waals surface area contributed by atoms with E-state index in [4.69, 9.17) is 0 Å². The fraction of sp³-hybridized carbons (Fsp3) is 0. The van der Waals surface area contributed by atoms with Gasteiger partial charge in [-0.15, -0.1) is 0 Å². The zero-order chi connectivity index (χ0) is 19.9. The molecule has 0 saturated carbocycles. The Morgan fingerprint density at radius 1 is 0.821 bits per heavy atom. The smallest absolute Gasteiger partial charge is 0.271 e. The van der Waals surface area contributed by atoms with Crippen LogP contribution in [0.15, 0.2) is 77.9 Å². The van der Waals surface area contributed by atoms with Crippen LogP contribution < -0.4 is 10.7 Å². The zero-order valence-electron chi connectivity index (χ0n) is 14.7. The number of amides is 2. The minimum Gasteiger partial charge on any atom is -0.508 e. The zero-order valence-corrected chi connectivity index (χ0v) is 14.7. The van der Waals surface area contributed by atoms with Crippen LogP contribution in [0.5, 0.6) is 11.5 Å². The Labute approximate surface area is 161 Å². The van der Waals surface area contributed by atoms with Crippen molar-refractivity contribution in [1.29, 1.82) is 0 Å². The number of anilines is 1. The number of hydrazone groups is 1. The van der Waals surface area contributed by atoms with E-state index in [1.165, 1.54) is 24.4 Å². The second-order valence-corrected chi connectivity index (χ2v) is 5.84. The molecule has 0 bridgehead atoms. The number of aromatic hydroxyl groups is 2. The molecule has 0 aliphatic heterocycles. The molecular formula is C21H17N3O4. The van der Waals surface area contributed by atoms with Crippen molar-refractivity contribution >= 4 is 23.7 Å². The van der Waals surface area contributed by atoms with Gasteiger partial charge in [-0.25, -0.2) is 5.43 Å². The van der Waals surface area contributed by atoms with E-state index in [1.807, 2.05) is 6.07 Å². The molecule has 0 aromatic heterocycles. The van der Waals surface area contributed by atoms with Crippen molar-refractivity contribution in [3.05, 3.63) is 89.5 Å². The number of phenols is 2. The lowest BCUT2D eigenvalue weighted by atomic mass is 10.1. The van der Waals surface area contributed by atoms with Crippen LogP contribution in [0.3, 0.4) is 0 Å². The van der Waals surface area contributed by atoms with Gasteiger partial charge in [-0.05, 0) is 48.5 Å². The molecule has 0 saturated heterocycles. The van der Waals surface area contributed by atoms with Gasteiger partial charge in [0.1, 0.15) is 11.5 Å². The van der Waals surface area contributed by atoms with Gasteiger partial charge >= 0.3 is 0 Å². The largest absolute Gasteiger partial charge is 0.508 e. The summed E-state index contributed by atoms with van der Waals surface area (Å²) in [6.45, 7) is 0. The predicted octanol–water partition coefficient (Wildman–Crippen LogP) is 3.11. The number of carbonyl (C=O) groups is 2. The fourth-order valence-electron chi connectivity index (χ4n) is 2.36. The van der Waals surface area contributed by atoms with E-state index in [1.54, 1.807) is 48.5 Å². The summed E-state index contributed by atoms with van der Waals surface area (Å²) in [5.41, 5.74) is 4.14. The monoisotopic (exact) mass is 375 g/mol. The normalized spacial score (nSPS) is 10.6. The number of hydrogen-bond acceptors (Lipinski definition) is 5. The topological polar surface area (TPSA) is 111 Å². The molecule has 0 spiro atoms. The summed E-state index contributed by atoms with van der Waals surface area (Å²) in [6, 6.07) is 19.2. The van der Waals surface area contributed by atoms with Gasteiger partial charge in [0.2, 0.25) is 0 Å². The Hall–Kier alpha value is -4.13. The second kappa shape index (κ2) is 8.50. The van der Waals surface area contributed by atoms with Gasteiger partial charge in [0, 0.05) is 28.4 Å². The van der Waals surface area contributed by atoms with Crippen molar-refractivity contribution in [3.63, 3.8) is 0 Å². The van der Waals surface area contributed by atoms with Crippen molar-refractivity contribution < 1.29 is 19.8 Å². The highest BCUT2D eigenvalue weighted by Crippen LogP contribution is 2.20. The van der Waals surface area contributed by atoms with Crippen LogP contribution in [0, 0.1) is 0 Å². The Kier molecular flexibility index (Phi) is 5.66. The first-order valence-electron chi connectivity index (χ1n) is 8.35. The highest BCUT2D eigenvalue weighted by Gasteiger charge is 2.07. The molecule has 140 valence electrons. The molecule has 0 atom stereocenters. The number of nitrogens with zero attached hydrogens (tertiary/aromatic N) is 1. The van der Waals surface area contributed by atoms with E-state index >= 15 is 0 Å². The van der Waals surface area contributed by atoms with Crippen LogP contribution in [-0.2, 0) is 0 Å². The first-order chi connectivity index (χ1) is 13.5. The fourth-order valence-corrected chi connectivity index (χ4v) is 2.36. The maximum absolute atomic E-state index is 12.1. The van der Waals surface area contributed by atoms with Crippen molar-refractivity contribution in [2.24, 2.45) is 5.10 Å². The number of carbonyl (C=O) groups excluding carboxylic acids is 2. The molecule has 0 unspecified atom stereocenters. The highest BCUT2D eigenvalue weighted by atomic mass is 16.3. The van der Waals surface area contributed by atoms with Gasteiger partial charge < -0.3 is 15.5 Å². The third kappa shape index (κ3) is 4.73. The van der Waals surface area contributed by atoms with E-state index in [2.05, 4.69) is 15.8 Å². The van der Waals surface area contributed by atoms with Gasteiger partial charge in [0.15, 0.2) is 0 Å². The van der Waals surface area contributed by atoms with Crippen LogP contribution in [0.2, 0.25) is 0 Å². The van der Waals surface area contributed by atoms with Crippen LogP contribution in [0.25, 0.3) is 0 Å². The van der Waals surface area contributed by atoms with Gasteiger partial charge in [0.05, 0.1) is 6.21 Å². The van der Waals surface area contributed by atoms with E-state index in [0.29, 0.717) is 22.4 Å². The quantitative estimate of drug-likeness (QED) is 0.405. The van der Waals surface area contributed by atoms with Crippen molar-refractivity contribution in [1.82, 2.24) is 5.43 Å². The molecule has 4 N–H and O–H groups in total. The molecule has 3 aromatic rings. The summed E-state index contributed by atoms with van der Waals surface area (Å²) in [5, 5.41) is 25.4. The van der Waals surface area contributed by atoms with Crippen LogP contribution in [0.1, 0.15) is 26.3 Å². The van der Waals surface area contributed by atoms with Gasteiger partial charge in [0.25, 0.3) is 11.8 Å². The lowest BCUT2D eigenvalue weighted by Gasteiger charge is -2.06. The molecule has 28 heavy (non-hydrogen) atoms. The summed E-state index contributed by atoms with van der Waals surface area (Å²) < 4.78 is 0. The maximum Gasteiger partial charge on any atom is 0.271 e. The average molecular weight is 375 g/mol. The second-order valence-electron chi connectivity index (χ2n) is 5.84. The van der Waals surface area contributed by atoms with Gasteiger partial charge in [-0.2, -0.15) is 5.10 Å². The maximum atomic E-state index is 12.1. The van der Waals surface area contributed by atoms with Crippen LogP contribution in [0.4, 0.5) is 5.69 Å². The summed E-state index contributed by atoms with van der Waals surface area (Å²) in [4.78, 5) is 24.2. The highest BCUT2D eigenvalue weighted by molar-refractivity contribution is 6.04. The first kappa shape index (κ1) is 18.7. The van der Waals surface area contributed by atoms with Crippen molar-refractivity contribution in [2.75, 3.05) is 5.32 Å².